The maximum atomic E-state index is 12.2. The zero-order chi connectivity index (χ0) is 13.8. The number of likely N-dealkylation sites (N-methyl/N-ethyl adjacent to an activating group) is 1. The van der Waals surface area contributed by atoms with Crippen molar-refractivity contribution in [3.05, 3.63) is 0 Å². The maximum absolute atomic E-state index is 12.2. The lowest BCUT2D eigenvalue weighted by Gasteiger charge is -2.35. The molecule has 106 valence electrons. The molecule has 3 amide bonds. The summed E-state index contributed by atoms with van der Waals surface area (Å²) in [7, 11) is 1.62. The number of amides is 3. The lowest BCUT2D eigenvalue weighted by Crippen LogP contribution is -2.52. The normalized spacial score (nSPS) is 24.2. The Morgan fingerprint density at radius 3 is 2.53 bits per heavy atom. The number of carbonyl (C=O) groups excluding carboxylic acids is 3. The molecule has 19 heavy (non-hydrogen) atoms. The molecule has 2 rings (SSSR count). The average molecular weight is 268 g/mol. The molecule has 2 N–H and O–H groups in total. The molecule has 7 heteroatoms. The van der Waals surface area contributed by atoms with Crippen molar-refractivity contribution in [3.8, 4) is 0 Å². The SMILES string of the molecule is CNC(=O)CN1CCN(C(=O)C2CNC(=O)C2)CC1. The van der Waals surface area contributed by atoms with E-state index in [1.165, 1.54) is 0 Å². The number of nitrogens with one attached hydrogen (secondary N) is 2. The second-order valence-electron chi connectivity index (χ2n) is 4.98. The number of carbonyl (C=O) groups is 3. The highest BCUT2D eigenvalue weighted by atomic mass is 16.2. The minimum atomic E-state index is -0.210. The first kappa shape index (κ1) is 13.8. The first-order valence-corrected chi connectivity index (χ1v) is 6.58. The molecular weight excluding hydrogens is 248 g/mol. The molecule has 0 radical (unpaired) electrons. The van der Waals surface area contributed by atoms with Crippen molar-refractivity contribution < 1.29 is 14.4 Å². The summed E-state index contributed by atoms with van der Waals surface area (Å²) < 4.78 is 0. The lowest BCUT2D eigenvalue weighted by molar-refractivity contribution is -0.137. The van der Waals surface area contributed by atoms with E-state index in [1.54, 1.807) is 11.9 Å². The number of rotatable bonds is 3. The van der Waals surface area contributed by atoms with Crippen LogP contribution < -0.4 is 10.6 Å². The molecule has 2 aliphatic heterocycles. The molecule has 0 aromatic carbocycles. The van der Waals surface area contributed by atoms with Gasteiger partial charge in [0.05, 0.1) is 12.5 Å². The van der Waals surface area contributed by atoms with E-state index in [2.05, 4.69) is 10.6 Å². The molecule has 2 fully saturated rings. The summed E-state index contributed by atoms with van der Waals surface area (Å²) in [5.41, 5.74) is 0. The molecule has 2 saturated heterocycles. The van der Waals surface area contributed by atoms with Gasteiger partial charge in [-0.25, -0.2) is 0 Å². The van der Waals surface area contributed by atoms with Gasteiger partial charge in [0.1, 0.15) is 0 Å². The summed E-state index contributed by atoms with van der Waals surface area (Å²) in [5.74, 6) is -0.210. The summed E-state index contributed by atoms with van der Waals surface area (Å²) in [6, 6.07) is 0. The van der Waals surface area contributed by atoms with E-state index in [0.717, 1.165) is 0 Å². The largest absolute Gasteiger partial charge is 0.358 e. The third-order valence-electron chi connectivity index (χ3n) is 3.66. The fourth-order valence-electron chi connectivity index (χ4n) is 2.45. The molecule has 0 bridgehead atoms. The molecule has 0 aromatic rings. The summed E-state index contributed by atoms with van der Waals surface area (Å²) in [4.78, 5) is 38.4. The lowest BCUT2D eigenvalue weighted by atomic mass is 10.1. The Morgan fingerprint density at radius 2 is 2.00 bits per heavy atom. The topological polar surface area (TPSA) is 81.8 Å². The van der Waals surface area contributed by atoms with Crippen molar-refractivity contribution in [2.24, 2.45) is 5.92 Å². The van der Waals surface area contributed by atoms with E-state index >= 15 is 0 Å². The Balaban J connectivity index is 1.78. The van der Waals surface area contributed by atoms with Crippen LogP contribution in [0.15, 0.2) is 0 Å². The molecule has 0 spiro atoms. The second kappa shape index (κ2) is 6.01. The molecule has 2 aliphatic rings. The standard InChI is InChI=1S/C12H20N4O3/c1-13-11(18)8-15-2-4-16(5-3-15)12(19)9-6-10(17)14-7-9/h9H,2-8H2,1H3,(H,13,18)(H,14,17). The van der Waals surface area contributed by atoms with Gasteiger partial charge in [-0.05, 0) is 0 Å². The van der Waals surface area contributed by atoms with Gasteiger partial charge in [0.15, 0.2) is 0 Å². The number of nitrogens with zero attached hydrogens (tertiary/aromatic N) is 2. The van der Waals surface area contributed by atoms with Crippen LogP contribution in [0.1, 0.15) is 6.42 Å². The van der Waals surface area contributed by atoms with E-state index in [9.17, 15) is 14.4 Å². The van der Waals surface area contributed by atoms with Crippen molar-refractivity contribution in [1.29, 1.82) is 0 Å². The Morgan fingerprint density at radius 1 is 1.32 bits per heavy atom. The van der Waals surface area contributed by atoms with E-state index in [-0.39, 0.29) is 23.6 Å². The van der Waals surface area contributed by atoms with Crippen LogP contribution in [0.2, 0.25) is 0 Å². The molecule has 7 nitrogen and oxygen atoms in total. The van der Waals surface area contributed by atoms with Gasteiger partial charge in [0.2, 0.25) is 17.7 Å². The van der Waals surface area contributed by atoms with Crippen LogP contribution in [-0.4, -0.2) is 73.8 Å². The van der Waals surface area contributed by atoms with E-state index in [4.69, 9.17) is 0 Å². The zero-order valence-corrected chi connectivity index (χ0v) is 11.1. The van der Waals surface area contributed by atoms with Gasteiger partial charge in [-0.3, -0.25) is 19.3 Å². The highest BCUT2D eigenvalue weighted by Gasteiger charge is 2.32. The molecule has 2 heterocycles. The molecular formula is C12H20N4O3. The molecule has 0 aliphatic carbocycles. The third-order valence-corrected chi connectivity index (χ3v) is 3.66. The number of piperazine rings is 1. The van der Waals surface area contributed by atoms with Gasteiger partial charge < -0.3 is 15.5 Å². The summed E-state index contributed by atoms with van der Waals surface area (Å²) >= 11 is 0. The highest BCUT2D eigenvalue weighted by molar-refractivity contribution is 5.89. The average Bonchev–Trinajstić information content (AvgIpc) is 2.85. The minimum Gasteiger partial charge on any atom is -0.358 e. The second-order valence-corrected chi connectivity index (χ2v) is 4.98. The van der Waals surface area contributed by atoms with E-state index in [0.29, 0.717) is 45.7 Å². The van der Waals surface area contributed by atoms with Gasteiger partial charge in [-0.2, -0.15) is 0 Å². The van der Waals surface area contributed by atoms with E-state index in [1.807, 2.05) is 4.90 Å². The van der Waals surface area contributed by atoms with Gasteiger partial charge >= 0.3 is 0 Å². The van der Waals surface area contributed by atoms with Crippen LogP contribution in [0.5, 0.6) is 0 Å². The van der Waals surface area contributed by atoms with E-state index < -0.39 is 0 Å². The predicted octanol–water partition coefficient (Wildman–Crippen LogP) is -1.99. The summed E-state index contributed by atoms with van der Waals surface area (Å²) in [6.45, 7) is 3.49. The van der Waals surface area contributed by atoms with Crippen LogP contribution in [0.25, 0.3) is 0 Å². The Kier molecular flexibility index (Phi) is 4.36. The van der Waals surface area contributed by atoms with Crippen LogP contribution in [-0.2, 0) is 14.4 Å². The molecule has 1 atom stereocenters. The fraction of sp³-hybridized carbons (Fsp3) is 0.750. The van der Waals surface area contributed by atoms with Crippen molar-refractivity contribution in [2.45, 2.75) is 6.42 Å². The first-order valence-electron chi connectivity index (χ1n) is 6.58. The predicted molar refractivity (Wildman–Crippen MR) is 68.2 cm³/mol. The monoisotopic (exact) mass is 268 g/mol. The highest BCUT2D eigenvalue weighted by Crippen LogP contribution is 2.14. The van der Waals surface area contributed by atoms with Crippen molar-refractivity contribution in [1.82, 2.24) is 20.4 Å². The number of hydrogen-bond donors (Lipinski definition) is 2. The first-order chi connectivity index (χ1) is 9.10. The maximum Gasteiger partial charge on any atom is 0.233 e. The van der Waals surface area contributed by atoms with Crippen LogP contribution in [0.4, 0.5) is 0 Å². The van der Waals surface area contributed by atoms with Crippen LogP contribution in [0.3, 0.4) is 0 Å². The molecule has 1 unspecified atom stereocenters. The van der Waals surface area contributed by atoms with Crippen molar-refractivity contribution in [2.75, 3.05) is 46.3 Å². The van der Waals surface area contributed by atoms with Gasteiger partial charge in [-0.1, -0.05) is 0 Å². The van der Waals surface area contributed by atoms with Crippen molar-refractivity contribution >= 4 is 17.7 Å². The number of hydrogen-bond acceptors (Lipinski definition) is 4. The zero-order valence-electron chi connectivity index (χ0n) is 11.1. The third kappa shape index (κ3) is 3.44. The molecule has 0 aromatic heterocycles. The minimum absolute atomic E-state index is 0.00892. The summed E-state index contributed by atoms with van der Waals surface area (Å²) in [5, 5.41) is 5.27. The Labute approximate surface area is 112 Å². The molecule has 0 saturated carbocycles. The summed E-state index contributed by atoms with van der Waals surface area (Å²) in [6.07, 6.45) is 0.303. The Bertz CT molecular complexity index is 377. The van der Waals surface area contributed by atoms with Crippen LogP contribution in [0, 0.1) is 5.92 Å². The smallest absolute Gasteiger partial charge is 0.233 e. The van der Waals surface area contributed by atoms with Crippen LogP contribution >= 0.6 is 0 Å². The fourth-order valence-corrected chi connectivity index (χ4v) is 2.45. The van der Waals surface area contributed by atoms with Crippen molar-refractivity contribution in [3.63, 3.8) is 0 Å². The van der Waals surface area contributed by atoms with Gasteiger partial charge in [0.25, 0.3) is 0 Å². The quantitative estimate of drug-likeness (QED) is 0.621. The van der Waals surface area contributed by atoms with Gasteiger partial charge in [0, 0.05) is 46.2 Å². The van der Waals surface area contributed by atoms with Gasteiger partial charge in [-0.15, -0.1) is 0 Å². The Hall–Kier alpha value is -1.63.